The average Bonchev–Trinajstić information content (AvgIpc) is 2.43. The third kappa shape index (κ3) is 1.08. The van der Waals surface area contributed by atoms with Crippen molar-refractivity contribution in [2.45, 2.75) is 20.3 Å². The molecule has 0 saturated heterocycles. The Hall–Kier alpha value is -1.51. The number of nitrogen functional groups attached to an aromatic ring is 1. The molecule has 0 atom stereocenters. The van der Waals surface area contributed by atoms with Crippen LogP contribution in [0.2, 0.25) is 0 Å². The van der Waals surface area contributed by atoms with Crippen LogP contribution in [0.1, 0.15) is 18.3 Å². The molecule has 0 saturated carbocycles. The van der Waals surface area contributed by atoms with Crippen molar-refractivity contribution in [3.63, 3.8) is 0 Å². The zero-order valence-corrected chi connectivity index (χ0v) is 7.91. The number of aryl methyl sites for hydroxylation is 2. The van der Waals surface area contributed by atoms with Crippen LogP contribution in [0, 0.1) is 6.92 Å². The summed E-state index contributed by atoms with van der Waals surface area (Å²) < 4.78 is 2.06. The van der Waals surface area contributed by atoms with Gasteiger partial charge >= 0.3 is 0 Å². The van der Waals surface area contributed by atoms with Gasteiger partial charge in [-0.25, -0.2) is 4.98 Å². The lowest BCUT2D eigenvalue weighted by Crippen LogP contribution is -1.94. The van der Waals surface area contributed by atoms with E-state index in [0.717, 1.165) is 23.4 Å². The molecular weight excluding hydrogens is 162 g/mol. The lowest BCUT2D eigenvalue weighted by Gasteiger charge is -1.99. The Morgan fingerprint density at radius 2 is 2.31 bits per heavy atom. The Morgan fingerprint density at radius 3 is 3.00 bits per heavy atom. The van der Waals surface area contributed by atoms with Gasteiger partial charge in [-0.15, -0.1) is 0 Å². The Kier molecular flexibility index (Phi) is 1.72. The standard InChI is InChI=1S/C10H13N3/c1-3-9-7(2)12-10-8(11)5-4-6-13(9)10/h4-6H,3,11H2,1-2H3. The first kappa shape index (κ1) is 8.10. The van der Waals surface area contributed by atoms with Crippen LogP contribution in [0.5, 0.6) is 0 Å². The number of aromatic nitrogens is 2. The fourth-order valence-electron chi connectivity index (χ4n) is 1.68. The molecule has 0 aliphatic carbocycles. The first-order valence-corrected chi connectivity index (χ1v) is 4.46. The number of imidazole rings is 1. The number of fused-ring (bicyclic) bond motifs is 1. The van der Waals surface area contributed by atoms with Crippen LogP contribution >= 0.6 is 0 Å². The number of rotatable bonds is 1. The smallest absolute Gasteiger partial charge is 0.160 e. The molecule has 13 heavy (non-hydrogen) atoms. The molecule has 0 amide bonds. The highest BCUT2D eigenvalue weighted by Gasteiger charge is 2.07. The number of hydrogen-bond donors (Lipinski definition) is 1. The highest BCUT2D eigenvalue weighted by Crippen LogP contribution is 2.17. The van der Waals surface area contributed by atoms with Crippen LogP contribution in [-0.4, -0.2) is 9.38 Å². The summed E-state index contributed by atoms with van der Waals surface area (Å²) in [7, 11) is 0. The van der Waals surface area contributed by atoms with Gasteiger partial charge in [0.2, 0.25) is 0 Å². The third-order valence-electron chi connectivity index (χ3n) is 2.31. The molecule has 0 spiro atoms. The first-order valence-electron chi connectivity index (χ1n) is 4.46. The van der Waals surface area contributed by atoms with E-state index in [1.54, 1.807) is 0 Å². The summed E-state index contributed by atoms with van der Waals surface area (Å²) >= 11 is 0. The van der Waals surface area contributed by atoms with Gasteiger partial charge in [0.25, 0.3) is 0 Å². The minimum Gasteiger partial charge on any atom is -0.396 e. The second-order valence-electron chi connectivity index (χ2n) is 3.15. The molecule has 2 heterocycles. The van der Waals surface area contributed by atoms with Crippen LogP contribution in [0.15, 0.2) is 18.3 Å². The molecule has 3 nitrogen and oxygen atoms in total. The van der Waals surface area contributed by atoms with E-state index in [1.165, 1.54) is 5.69 Å². The number of pyridine rings is 1. The average molecular weight is 175 g/mol. The van der Waals surface area contributed by atoms with E-state index in [9.17, 15) is 0 Å². The van der Waals surface area contributed by atoms with E-state index in [4.69, 9.17) is 5.73 Å². The maximum Gasteiger partial charge on any atom is 0.160 e. The Labute approximate surface area is 77.2 Å². The summed E-state index contributed by atoms with van der Waals surface area (Å²) in [5, 5.41) is 0. The van der Waals surface area contributed by atoms with Crippen molar-refractivity contribution in [1.29, 1.82) is 0 Å². The minimum absolute atomic E-state index is 0.741. The molecule has 0 bridgehead atoms. The quantitative estimate of drug-likeness (QED) is 0.718. The van der Waals surface area contributed by atoms with Crippen LogP contribution in [0.4, 0.5) is 5.69 Å². The van der Waals surface area contributed by atoms with Crippen molar-refractivity contribution in [1.82, 2.24) is 9.38 Å². The lowest BCUT2D eigenvalue weighted by atomic mass is 10.3. The Balaban J connectivity index is 2.86. The molecular formula is C10H13N3. The summed E-state index contributed by atoms with van der Waals surface area (Å²) in [4.78, 5) is 4.42. The predicted octanol–water partition coefficient (Wildman–Crippen LogP) is 1.79. The third-order valence-corrected chi connectivity index (χ3v) is 2.31. The molecule has 0 aliphatic heterocycles. The highest BCUT2D eigenvalue weighted by molar-refractivity contribution is 5.65. The SMILES string of the molecule is CCc1c(C)nc2c(N)cccn12. The molecule has 0 fully saturated rings. The topological polar surface area (TPSA) is 43.3 Å². The maximum absolute atomic E-state index is 5.81. The van der Waals surface area contributed by atoms with Gasteiger partial charge in [-0.1, -0.05) is 6.92 Å². The predicted molar refractivity (Wildman–Crippen MR) is 53.7 cm³/mol. The molecule has 3 heteroatoms. The molecule has 68 valence electrons. The van der Waals surface area contributed by atoms with Gasteiger partial charge in [-0.3, -0.25) is 0 Å². The first-order chi connectivity index (χ1) is 6.24. The Bertz CT molecular complexity index is 443. The van der Waals surface area contributed by atoms with Crippen LogP contribution in [0.3, 0.4) is 0 Å². The monoisotopic (exact) mass is 175 g/mol. The summed E-state index contributed by atoms with van der Waals surface area (Å²) in [6.07, 6.45) is 2.99. The number of anilines is 1. The van der Waals surface area contributed by atoms with E-state index >= 15 is 0 Å². The van der Waals surface area contributed by atoms with E-state index < -0.39 is 0 Å². The van der Waals surface area contributed by atoms with Gasteiger partial charge < -0.3 is 10.1 Å². The molecule has 0 aromatic carbocycles. The molecule has 0 aliphatic rings. The largest absolute Gasteiger partial charge is 0.396 e. The normalized spacial score (nSPS) is 10.9. The van der Waals surface area contributed by atoms with Crippen LogP contribution in [0.25, 0.3) is 5.65 Å². The molecule has 2 aromatic rings. The molecule has 0 unspecified atom stereocenters. The van der Waals surface area contributed by atoms with Crippen molar-refractivity contribution >= 4 is 11.3 Å². The van der Waals surface area contributed by atoms with Crippen molar-refractivity contribution in [3.05, 3.63) is 29.7 Å². The molecule has 2 aromatic heterocycles. The zero-order chi connectivity index (χ0) is 9.42. The maximum atomic E-state index is 5.81. The fourth-order valence-corrected chi connectivity index (χ4v) is 1.68. The van der Waals surface area contributed by atoms with Gasteiger partial charge in [0.05, 0.1) is 11.4 Å². The summed E-state index contributed by atoms with van der Waals surface area (Å²) in [5.74, 6) is 0. The van der Waals surface area contributed by atoms with E-state index in [0.29, 0.717) is 0 Å². The van der Waals surface area contributed by atoms with Gasteiger partial charge in [-0.05, 0) is 25.5 Å². The van der Waals surface area contributed by atoms with Gasteiger partial charge in [0.15, 0.2) is 5.65 Å². The number of hydrogen-bond acceptors (Lipinski definition) is 2. The molecule has 0 radical (unpaired) electrons. The lowest BCUT2D eigenvalue weighted by molar-refractivity contribution is 0.978. The van der Waals surface area contributed by atoms with Crippen molar-refractivity contribution in [2.24, 2.45) is 0 Å². The van der Waals surface area contributed by atoms with Crippen LogP contribution < -0.4 is 5.73 Å². The van der Waals surface area contributed by atoms with Crippen molar-refractivity contribution in [3.8, 4) is 0 Å². The van der Waals surface area contributed by atoms with Gasteiger partial charge in [0, 0.05) is 11.9 Å². The van der Waals surface area contributed by atoms with Crippen LogP contribution in [-0.2, 0) is 6.42 Å². The second kappa shape index (κ2) is 2.76. The molecule has 2 N–H and O–H groups in total. The van der Waals surface area contributed by atoms with Crippen molar-refractivity contribution < 1.29 is 0 Å². The van der Waals surface area contributed by atoms with Gasteiger partial charge in [0.1, 0.15) is 0 Å². The zero-order valence-electron chi connectivity index (χ0n) is 7.91. The minimum atomic E-state index is 0.741. The van der Waals surface area contributed by atoms with E-state index in [1.807, 2.05) is 25.3 Å². The number of nitrogens with zero attached hydrogens (tertiary/aromatic N) is 2. The van der Waals surface area contributed by atoms with E-state index in [-0.39, 0.29) is 0 Å². The van der Waals surface area contributed by atoms with Crippen molar-refractivity contribution in [2.75, 3.05) is 5.73 Å². The van der Waals surface area contributed by atoms with Gasteiger partial charge in [-0.2, -0.15) is 0 Å². The summed E-state index contributed by atoms with van der Waals surface area (Å²) in [5.41, 5.74) is 9.73. The second-order valence-corrected chi connectivity index (χ2v) is 3.15. The summed E-state index contributed by atoms with van der Waals surface area (Å²) in [6.45, 7) is 4.14. The number of nitrogens with two attached hydrogens (primary N) is 1. The van der Waals surface area contributed by atoms with E-state index in [2.05, 4.69) is 16.3 Å². The molecule has 2 rings (SSSR count). The Morgan fingerprint density at radius 1 is 1.54 bits per heavy atom. The highest BCUT2D eigenvalue weighted by atomic mass is 15.0. The fraction of sp³-hybridized carbons (Fsp3) is 0.300. The summed E-state index contributed by atoms with van der Waals surface area (Å²) in [6, 6.07) is 3.82.